The van der Waals surface area contributed by atoms with Crippen LogP contribution in [0.2, 0.25) is 0 Å². The van der Waals surface area contributed by atoms with Gasteiger partial charge in [0.15, 0.2) is 0 Å². The summed E-state index contributed by atoms with van der Waals surface area (Å²) in [6.07, 6.45) is 6.10. The third-order valence-electron chi connectivity index (χ3n) is 3.60. The molecule has 0 aromatic heterocycles. The van der Waals surface area contributed by atoms with Crippen LogP contribution in [0.3, 0.4) is 0 Å². The van der Waals surface area contributed by atoms with Crippen molar-refractivity contribution < 1.29 is 4.79 Å². The smallest absolute Gasteiger partial charge is 0.237 e. The molecule has 2 unspecified atom stereocenters. The molecule has 1 heterocycles. The lowest BCUT2D eigenvalue weighted by atomic mass is 9.97. The highest BCUT2D eigenvalue weighted by Crippen LogP contribution is 2.23. The van der Waals surface area contributed by atoms with Gasteiger partial charge < -0.3 is 10.2 Å². The van der Waals surface area contributed by atoms with Gasteiger partial charge in [0.2, 0.25) is 5.91 Å². The third kappa shape index (κ3) is 2.71. The van der Waals surface area contributed by atoms with Crippen LogP contribution in [0.25, 0.3) is 0 Å². The molecule has 86 valence electrons. The van der Waals surface area contributed by atoms with Crippen molar-refractivity contribution in [1.29, 1.82) is 0 Å². The zero-order valence-corrected chi connectivity index (χ0v) is 9.83. The normalized spacial score (nSPS) is 31.7. The van der Waals surface area contributed by atoms with Gasteiger partial charge >= 0.3 is 0 Å². The summed E-state index contributed by atoms with van der Waals surface area (Å²) >= 11 is 0. The molecule has 3 nitrogen and oxygen atoms in total. The van der Waals surface area contributed by atoms with Crippen molar-refractivity contribution >= 4 is 5.91 Å². The van der Waals surface area contributed by atoms with Crippen LogP contribution in [0.15, 0.2) is 0 Å². The Balaban J connectivity index is 1.84. The van der Waals surface area contributed by atoms with E-state index in [1.807, 2.05) is 0 Å². The van der Waals surface area contributed by atoms with Crippen LogP contribution in [0.1, 0.15) is 46.0 Å². The van der Waals surface area contributed by atoms with Crippen LogP contribution in [-0.2, 0) is 4.79 Å². The average Bonchev–Trinajstić information content (AvgIpc) is 2.97. The lowest BCUT2D eigenvalue weighted by molar-refractivity contribution is -0.136. The van der Waals surface area contributed by atoms with E-state index in [0.717, 1.165) is 0 Å². The molecule has 0 bridgehead atoms. The van der Waals surface area contributed by atoms with Crippen molar-refractivity contribution in [2.45, 2.75) is 64.1 Å². The van der Waals surface area contributed by atoms with Crippen molar-refractivity contribution in [3.05, 3.63) is 0 Å². The maximum Gasteiger partial charge on any atom is 0.237 e. The Morgan fingerprint density at radius 2 is 1.80 bits per heavy atom. The van der Waals surface area contributed by atoms with Gasteiger partial charge in [-0.15, -0.1) is 0 Å². The van der Waals surface area contributed by atoms with Crippen molar-refractivity contribution in [2.75, 3.05) is 6.54 Å². The Morgan fingerprint density at radius 3 is 2.33 bits per heavy atom. The van der Waals surface area contributed by atoms with E-state index in [4.69, 9.17) is 0 Å². The molecule has 1 aliphatic carbocycles. The van der Waals surface area contributed by atoms with Crippen LogP contribution in [0.4, 0.5) is 0 Å². The third-order valence-corrected chi connectivity index (χ3v) is 3.60. The van der Waals surface area contributed by atoms with Crippen LogP contribution in [-0.4, -0.2) is 35.5 Å². The molecule has 2 atom stereocenters. The van der Waals surface area contributed by atoms with Gasteiger partial charge in [0, 0.05) is 18.1 Å². The Bertz CT molecular complexity index is 228. The Hall–Kier alpha value is -0.570. The minimum atomic E-state index is 0.293. The summed E-state index contributed by atoms with van der Waals surface area (Å²) in [7, 11) is 0. The lowest BCUT2D eigenvalue weighted by Crippen LogP contribution is -2.50. The number of rotatable bonds is 3. The quantitative estimate of drug-likeness (QED) is 0.766. The standard InChI is InChI=1S/C12H22N2O/c1-9-4-3-5-10(2)14(9)12(15)8-13-11-6-7-11/h9-11,13H,3-8H2,1-2H3. The number of amides is 1. The highest BCUT2D eigenvalue weighted by Gasteiger charge is 2.29. The molecule has 0 aromatic carbocycles. The maximum absolute atomic E-state index is 12.0. The average molecular weight is 210 g/mol. The molecule has 1 N–H and O–H groups in total. The molecule has 0 radical (unpaired) electrons. The van der Waals surface area contributed by atoms with E-state index in [9.17, 15) is 4.79 Å². The molecule has 1 saturated carbocycles. The van der Waals surface area contributed by atoms with Crippen LogP contribution in [0.5, 0.6) is 0 Å². The number of carbonyl (C=O) groups is 1. The van der Waals surface area contributed by atoms with Crippen LogP contribution in [0, 0.1) is 0 Å². The highest BCUT2D eigenvalue weighted by molar-refractivity contribution is 5.79. The fourth-order valence-electron chi connectivity index (χ4n) is 2.52. The number of piperidine rings is 1. The first-order valence-corrected chi connectivity index (χ1v) is 6.23. The summed E-state index contributed by atoms with van der Waals surface area (Å²) in [6.45, 7) is 4.88. The molecule has 2 fully saturated rings. The predicted molar refractivity (Wildman–Crippen MR) is 60.6 cm³/mol. The minimum Gasteiger partial charge on any atom is -0.336 e. The first-order chi connectivity index (χ1) is 7.18. The van der Waals surface area contributed by atoms with Gasteiger partial charge in [0.25, 0.3) is 0 Å². The van der Waals surface area contributed by atoms with E-state index in [2.05, 4.69) is 24.1 Å². The summed E-state index contributed by atoms with van der Waals surface area (Å²) < 4.78 is 0. The molecule has 1 amide bonds. The highest BCUT2D eigenvalue weighted by atomic mass is 16.2. The van der Waals surface area contributed by atoms with Crippen LogP contribution >= 0.6 is 0 Å². The van der Waals surface area contributed by atoms with Crippen LogP contribution < -0.4 is 5.32 Å². The molecule has 0 spiro atoms. The van der Waals surface area contributed by atoms with Crippen molar-refractivity contribution in [2.24, 2.45) is 0 Å². The molecule has 1 aliphatic heterocycles. The SMILES string of the molecule is CC1CCCC(C)N1C(=O)CNC1CC1. The Morgan fingerprint density at radius 1 is 1.20 bits per heavy atom. The van der Waals surface area contributed by atoms with Gasteiger partial charge in [-0.25, -0.2) is 0 Å². The molecular weight excluding hydrogens is 188 g/mol. The van der Waals surface area contributed by atoms with E-state index >= 15 is 0 Å². The minimum absolute atomic E-state index is 0.293. The predicted octanol–water partition coefficient (Wildman–Crippen LogP) is 1.53. The van der Waals surface area contributed by atoms with Crippen molar-refractivity contribution in [3.8, 4) is 0 Å². The molecule has 2 rings (SSSR count). The van der Waals surface area contributed by atoms with Gasteiger partial charge in [0.05, 0.1) is 6.54 Å². The second-order valence-corrected chi connectivity index (χ2v) is 5.09. The topological polar surface area (TPSA) is 32.3 Å². The number of hydrogen-bond acceptors (Lipinski definition) is 2. The summed E-state index contributed by atoms with van der Waals surface area (Å²) in [5.74, 6) is 0.293. The fraction of sp³-hybridized carbons (Fsp3) is 0.917. The number of hydrogen-bond donors (Lipinski definition) is 1. The Kier molecular flexibility index (Phi) is 3.29. The lowest BCUT2D eigenvalue weighted by Gasteiger charge is -2.39. The number of carbonyl (C=O) groups excluding carboxylic acids is 1. The number of nitrogens with zero attached hydrogens (tertiary/aromatic N) is 1. The first kappa shape index (κ1) is 10.9. The molecule has 15 heavy (non-hydrogen) atoms. The van der Waals surface area contributed by atoms with E-state index in [-0.39, 0.29) is 0 Å². The molecule has 3 heteroatoms. The number of nitrogens with one attached hydrogen (secondary N) is 1. The summed E-state index contributed by atoms with van der Waals surface area (Å²) in [6, 6.07) is 1.49. The fourth-order valence-corrected chi connectivity index (χ4v) is 2.52. The van der Waals surface area contributed by atoms with E-state index in [0.29, 0.717) is 30.6 Å². The van der Waals surface area contributed by atoms with E-state index in [1.165, 1.54) is 32.1 Å². The monoisotopic (exact) mass is 210 g/mol. The summed E-state index contributed by atoms with van der Waals surface area (Å²) in [5, 5.41) is 3.30. The second-order valence-electron chi connectivity index (χ2n) is 5.09. The van der Waals surface area contributed by atoms with E-state index < -0.39 is 0 Å². The van der Waals surface area contributed by atoms with E-state index in [1.54, 1.807) is 0 Å². The second kappa shape index (κ2) is 4.52. The van der Waals surface area contributed by atoms with Gasteiger partial charge in [-0.2, -0.15) is 0 Å². The van der Waals surface area contributed by atoms with Crippen molar-refractivity contribution in [1.82, 2.24) is 10.2 Å². The molecule has 0 aromatic rings. The maximum atomic E-state index is 12.0. The zero-order chi connectivity index (χ0) is 10.8. The summed E-state index contributed by atoms with van der Waals surface area (Å²) in [5.41, 5.74) is 0. The summed E-state index contributed by atoms with van der Waals surface area (Å²) in [4.78, 5) is 14.1. The van der Waals surface area contributed by atoms with Gasteiger partial charge in [-0.1, -0.05) is 0 Å². The zero-order valence-electron chi connectivity index (χ0n) is 9.83. The number of likely N-dealkylation sites (tertiary alicyclic amines) is 1. The first-order valence-electron chi connectivity index (χ1n) is 6.23. The molecule has 2 aliphatic rings. The largest absolute Gasteiger partial charge is 0.336 e. The van der Waals surface area contributed by atoms with Gasteiger partial charge in [-0.05, 0) is 46.0 Å². The van der Waals surface area contributed by atoms with Gasteiger partial charge in [0.1, 0.15) is 0 Å². The van der Waals surface area contributed by atoms with Crippen molar-refractivity contribution in [3.63, 3.8) is 0 Å². The molecular formula is C12H22N2O. The Labute approximate surface area is 92.2 Å². The molecule has 1 saturated heterocycles. The van der Waals surface area contributed by atoms with Gasteiger partial charge in [-0.3, -0.25) is 4.79 Å².